The average molecular weight is 483 g/mol. The smallest absolute Gasteiger partial charge is 0.207 e. The summed E-state index contributed by atoms with van der Waals surface area (Å²) in [6, 6.07) is 4.99. The van der Waals surface area contributed by atoms with Gasteiger partial charge in [0.05, 0.1) is 34.2 Å². The van der Waals surface area contributed by atoms with Crippen LogP contribution in [0.1, 0.15) is 55.4 Å². The molecule has 0 fully saturated rings. The predicted molar refractivity (Wildman–Crippen MR) is 125 cm³/mol. The van der Waals surface area contributed by atoms with E-state index in [9.17, 15) is 18.6 Å². The summed E-state index contributed by atoms with van der Waals surface area (Å²) in [7, 11) is -4.15. The van der Waals surface area contributed by atoms with E-state index < -0.39 is 9.84 Å². The second-order valence-electron chi connectivity index (χ2n) is 8.71. The van der Waals surface area contributed by atoms with E-state index >= 15 is 0 Å². The molecule has 0 aromatic heterocycles. The summed E-state index contributed by atoms with van der Waals surface area (Å²) in [6.45, 7) is 14.1. The van der Waals surface area contributed by atoms with Gasteiger partial charge in [0.15, 0.2) is 23.0 Å². The zero-order chi connectivity index (χ0) is 25.1. The lowest BCUT2D eigenvalue weighted by Crippen LogP contribution is -2.12. The quantitative estimate of drug-likeness (QED) is 0.482. The molecule has 2 aromatic rings. The van der Waals surface area contributed by atoms with E-state index in [0.29, 0.717) is 0 Å². The molecule has 0 aliphatic carbocycles. The molecule has 0 amide bonds. The summed E-state index contributed by atoms with van der Waals surface area (Å²) in [4.78, 5) is -0.299. The standard InChI is InChI=1S/C24H34O8S/c1-13(2)29-19-9-17(10-20(23(19)25)30-14(3)4)33(27,28)18-11-21(31-15(5)6)24(26)22(12-18)32-16(7)8/h9-16,25-26H,1-8H3. The third-order valence-corrected chi connectivity index (χ3v) is 5.81. The second kappa shape index (κ2) is 10.4. The van der Waals surface area contributed by atoms with E-state index in [1.54, 1.807) is 55.4 Å². The van der Waals surface area contributed by atoms with Crippen molar-refractivity contribution in [3.63, 3.8) is 0 Å². The summed E-state index contributed by atoms with van der Waals surface area (Å²) in [5, 5.41) is 21.1. The summed E-state index contributed by atoms with van der Waals surface area (Å²) in [6.07, 6.45) is -1.25. The summed E-state index contributed by atoms with van der Waals surface area (Å²) in [5.41, 5.74) is 0. The number of benzene rings is 2. The van der Waals surface area contributed by atoms with Crippen LogP contribution < -0.4 is 18.9 Å². The lowest BCUT2D eigenvalue weighted by Gasteiger charge is -2.19. The third kappa shape index (κ3) is 6.60. The molecule has 0 spiro atoms. The first-order valence-electron chi connectivity index (χ1n) is 10.9. The molecule has 33 heavy (non-hydrogen) atoms. The molecule has 184 valence electrons. The molecule has 0 saturated heterocycles. The number of aromatic hydroxyl groups is 2. The van der Waals surface area contributed by atoms with Crippen LogP contribution in [0, 0.1) is 0 Å². The molecule has 2 N–H and O–H groups in total. The Morgan fingerprint density at radius 3 is 0.939 bits per heavy atom. The van der Waals surface area contributed by atoms with Crippen molar-refractivity contribution in [2.75, 3.05) is 0 Å². The maximum absolute atomic E-state index is 13.6. The number of rotatable bonds is 10. The van der Waals surface area contributed by atoms with Crippen LogP contribution in [-0.4, -0.2) is 43.0 Å². The lowest BCUT2D eigenvalue weighted by molar-refractivity contribution is 0.210. The highest BCUT2D eigenvalue weighted by molar-refractivity contribution is 7.91. The van der Waals surface area contributed by atoms with Gasteiger partial charge in [0.2, 0.25) is 21.3 Å². The molecule has 0 saturated carbocycles. The predicted octanol–water partition coefficient (Wildman–Crippen LogP) is 5.08. The van der Waals surface area contributed by atoms with Gasteiger partial charge >= 0.3 is 0 Å². The van der Waals surface area contributed by atoms with E-state index in [2.05, 4.69) is 0 Å². The Kier molecular flexibility index (Phi) is 8.35. The molecule has 0 aliphatic heterocycles. The molecule has 2 aromatic carbocycles. The molecule has 0 aliphatic rings. The number of phenols is 2. The van der Waals surface area contributed by atoms with Crippen LogP contribution in [0.15, 0.2) is 34.1 Å². The number of hydrogen-bond donors (Lipinski definition) is 2. The Hall–Kier alpha value is -2.81. The Bertz CT molecular complexity index is 930. The molecular weight excluding hydrogens is 448 g/mol. The fourth-order valence-corrected chi connectivity index (χ4v) is 4.26. The van der Waals surface area contributed by atoms with Gasteiger partial charge in [0.1, 0.15) is 0 Å². The van der Waals surface area contributed by atoms with Gasteiger partial charge in [-0.15, -0.1) is 0 Å². The highest BCUT2D eigenvalue weighted by Gasteiger charge is 2.27. The minimum Gasteiger partial charge on any atom is -0.502 e. The van der Waals surface area contributed by atoms with Crippen LogP contribution in [-0.2, 0) is 9.84 Å². The molecule has 0 radical (unpaired) electrons. The molecule has 8 nitrogen and oxygen atoms in total. The third-order valence-electron chi connectivity index (χ3n) is 4.10. The minimum absolute atomic E-state index is 0.0159. The van der Waals surface area contributed by atoms with Gasteiger partial charge in [0.25, 0.3) is 0 Å². The van der Waals surface area contributed by atoms with Gasteiger partial charge in [0, 0.05) is 24.3 Å². The highest BCUT2D eigenvalue weighted by Crippen LogP contribution is 2.44. The van der Waals surface area contributed by atoms with Gasteiger partial charge in [-0.05, 0) is 55.4 Å². The normalized spacial score (nSPS) is 12.0. The van der Waals surface area contributed by atoms with Crippen LogP contribution in [0.4, 0.5) is 0 Å². The largest absolute Gasteiger partial charge is 0.502 e. The SMILES string of the molecule is CC(C)Oc1cc(S(=O)(=O)c2cc(OC(C)C)c(O)c(OC(C)C)c2)cc(OC(C)C)c1O. The second-order valence-corrected chi connectivity index (χ2v) is 10.7. The van der Waals surface area contributed by atoms with E-state index in [0.717, 1.165) is 0 Å². The van der Waals surface area contributed by atoms with Gasteiger partial charge in [-0.2, -0.15) is 0 Å². The number of ether oxygens (including phenoxy) is 4. The van der Waals surface area contributed by atoms with E-state index in [-0.39, 0.29) is 68.7 Å². The minimum atomic E-state index is -4.15. The fraction of sp³-hybridized carbons (Fsp3) is 0.500. The molecule has 0 heterocycles. The van der Waals surface area contributed by atoms with E-state index in [1.165, 1.54) is 24.3 Å². The number of phenolic OH excluding ortho intramolecular Hbond substituents is 2. The highest BCUT2D eigenvalue weighted by atomic mass is 32.2. The molecule has 0 bridgehead atoms. The van der Waals surface area contributed by atoms with Crippen LogP contribution in [0.2, 0.25) is 0 Å². The zero-order valence-electron chi connectivity index (χ0n) is 20.4. The van der Waals surface area contributed by atoms with Crippen molar-refractivity contribution in [2.24, 2.45) is 0 Å². The fourth-order valence-electron chi connectivity index (χ4n) is 2.94. The van der Waals surface area contributed by atoms with Crippen molar-refractivity contribution in [2.45, 2.75) is 89.6 Å². The molecular formula is C24H34O8S. The first-order valence-corrected chi connectivity index (χ1v) is 12.4. The van der Waals surface area contributed by atoms with Crippen molar-refractivity contribution in [3.8, 4) is 34.5 Å². The Labute approximate surface area is 196 Å². The molecule has 2 rings (SSSR count). The lowest BCUT2D eigenvalue weighted by atomic mass is 10.2. The molecule has 0 atom stereocenters. The summed E-state index contributed by atoms with van der Waals surface area (Å²) < 4.78 is 49.8. The molecule has 9 heteroatoms. The zero-order valence-corrected chi connectivity index (χ0v) is 21.2. The van der Waals surface area contributed by atoms with Crippen molar-refractivity contribution in [3.05, 3.63) is 24.3 Å². The summed E-state index contributed by atoms with van der Waals surface area (Å²) in [5.74, 6) is -0.629. The van der Waals surface area contributed by atoms with Gasteiger partial charge in [-0.25, -0.2) is 8.42 Å². The Morgan fingerprint density at radius 1 is 0.545 bits per heavy atom. The van der Waals surface area contributed by atoms with Crippen molar-refractivity contribution in [1.29, 1.82) is 0 Å². The van der Waals surface area contributed by atoms with Crippen LogP contribution in [0.5, 0.6) is 34.5 Å². The Morgan fingerprint density at radius 2 is 0.758 bits per heavy atom. The van der Waals surface area contributed by atoms with Crippen LogP contribution in [0.25, 0.3) is 0 Å². The van der Waals surface area contributed by atoms with E-state index in [4.69, 9.17) is 18.9 Å². The average Bonchev–Trinajstić information content (AvgIpc) is 2.66. The van der Waals surface area contributed by atoms with Crippen LogP contribution in [0.3, 0.4) is 0 Å². The van der Waals surface area contributed by atoms with Crippen molar-refractivity contribution < 1.29 is 37.6 Å². The van der Waals surface area contributed by atoms with E-state index in [1.807, 2.05) is 0 Å². The van der Waals surface area contributed by atoms with Gasteiger partial charge < -0.3 is 29.2 Å². The van der Waals surface area contributed by atoms with Gasteiger partial charge in [-0.3, -0.25) is 0 Å². The van der Waals surface area contributed by atoms with Crippen LogP contribution >= 0.6 is 0 Å². The van der Waals surface area contributed by atoms with Crippen molar-refractivity contribution >= 4 is 9.84 Å². The summed E-state index contributed by atoms with van der Waals surface area (Å²) >= 11 is 0. The van der Waals surface area contributed by atoms with Gasteiger partial charge in [-0.1, -0.05) is 0 Å². The molecule has 0 unspecified atom stereocenters. The maximum atomic E-state index is 13.6. The number of hydrogen-bond acceptors (Lipinski definition) is 8. The number of sulfone groups is 1. The Balaban J connectivity index is 2.73. The monoisotopic (exact) mass is 482 g/mol. The van der Waals surface area contributed by atoms with Crippen molar-refractivity contribution in [1.82, 2.24) is 0 Å². The first-order chi connectivity index (χ1) is 15.2. The maximum Gasteiger partial charge on any atom is 0.207 e. The topological polar surface area (TPSA) is 112 Å². The first kappa shape index (κ1) is 26.4.